The molecule has 0 saturated carbocycles. The fourth-order valence-corrected chi connectivity index (χ4v) is 3.49. The predicted molar refractivity (Wildman–Crippen MR) is 103 cm³/mol. The summed E-state index contributed by atoms with van der Waals surface area (Å²) in [5.41, 5.74) is 5.31. The summed E-state index contributed by atoms with van der Waals surface area (Å²) < 4.78 is 0. The lowest BCUT2D eigenvalue weighted by atomic mass is 9.87. The largest absolute Gasteiger partial charge is 0.0622 e. The summed E-state index contributed by atoms with van der Waals surface area (Å²) in [5.74, 6) is 0.376. The predicted octanol–water partition coefficient (Wildman–Crippen LogP) is 6.66. The second-order valence-electron chi connectivity index (χ2n) is 6.25. The molecule has 4 rings (SSSR count). The fourth-order valence-electron chi connectivity index (χ4n) is 3.49. The third kappa shape index (κ3) is 2.61. The van der Waals surface area contributed by atoms with Gasteiger partial charge >= 0.3 is 0 Å². The van der Waals surface area contributed by atoms with Crippen LogP contribution in [0.3, 0.4) is 0 Å². The Morgan fingerprint density at radius 3 is 1.83 bits per heavy atom. The van der Waals surface area contributed by atoms with Crippen LogP contribution in [-0.2, 0) is 0 Å². The highest BCUT2D eigenvalue weighted by molar-refractivity contribution is 5.99. The van der Waals surface area contributed by atoms with Crippen LogP contribution in [0.5, 0.6) is 0 Å². The third-order valence-electron chi connectivity index (χ3n) is 4.81. The molecule has 0 heteroatoms. The first-order chi connectivity index (χ1) is 11.8. The van der Waals surface area contributed by atoms with E-state index in [0.717, 1.165) is 0 Å². The average Bonchev–Trinajstić information content (AvgIpc) is 2.68. The maximum Gasteiger partial charge on any atom is 0.00671 e. The molecule has 0 amide bonds. The van der Waals surface area contributed by atoms with Gasteiger partial charge in [-0.3, -0.25) is 0 Å². The van der Waals surface area contributed by atoms with Crippen molar-refractivity contribution in [3.63, 3.8) is 0 Å². The molecule has 0 bridgehead atoms. The fraction of sp³-hybridized carbons (Fsp3) is 0.0833. The van der Waals surface area contributed by atoms with E-state index in [2.05, 4.69) is 104 Å². The Labute approximate surface area is 143 Å². The number of fused-ring (bicyclic) bond motifs is 1. The molecule has 4 aromatic carbocycles. The average molecular weight is 308 g/mol. The van der Waals surface area contributed by atoms with Crippen LogP contribution in [0.2, 0.25) is 0 Å². The topological polar surface area (TPSA) is 0 Å². The van der Waals surface area contributed by atoms with Crippen LogP contribution < -0.4 is 0 Å². The first-order valence-corrected chi connectivity index (χ1v) is 8.46. The summed E-state index contributed by atoms with van der Waals surface area (Å²) >= 11 is 0. The third-order valence-corrected chi connectivity index (χ3v) is 4.81. The van der Waals surface area contributed by atoms with Crippen molar-refractivity contribution in [2.45, 2.75) is 12.8 Å². The molecule has 0 aliphatic rings. The number of rotatable bonds is 3. The van der Waals surface area contributed by atoms with Crippen LogP contribution in [-0.4, -0.2) is 0 Å². The Morgan fingerprint density at radius 2 is 1.12 bits per heavy atom. The van der Waals surface area contributed by atoms with Gasteiger partial charge in [0.25, 0.3) is 0 Å². The Kier molecular flexibility index (Phi) is 3.88. The molecule has 0 fully saturated rings. The molecule has 0 saturated heterocycles. The molecule has 0 N–H and O–H groups in total. The second-order valence-corrected chi connectivity index (χ2v) is 6.25. The van der Waals surface area contributed by atoms with E-state index in [0.29, 0.717) is 5.92 Å². The molecular formula is C24H20. The quantitative estimate of drug-likeness (QED) is 0.397. The molecule has 0 heterocycles. The SMILES string of the molecule is CC(c1ccccc1)c1ccc(-c2ccccc2)c2ccccc12. The van der Waals surface area contributed by atoms with E-state index in [-0.39, 0.29) is 0 Å². The zero-order valence-corrected chi connectivity index (χ0v) is 13.8. The molecule has 0 radical (unpaired) electrons. The van der Waals surface area contributed by atoms with Crippen LogP contribution in [0.4, 0.5) is 0 Å². The van der Waals surface area contributed by atoms with Crippen molar-refractivity contribution in [2.24, 2.45) is 0 Å². The summed E-state index contributed by atoms with van der Waals surface area (Å²) in [5, 5.41) is 2.67. The number of benzene rings is 4. The zero-order valence-electron chi connectivity index (χ0n) is 13.8. The Balaban J connectivity index is 1.91. The molecule has 0 aromatic heterocycles. The number of hydrogen-bond donors (Lipinski definition) is 0. The van der Waals surface area contributed by atoms with Crippen molar-refractivity contribution in [3.8, 4) is 11.1 Å². The van der Waals surface area contributed by atoms with Crippen LogP contribution in [0.1, 0.15) is 24.0 Å². The smallest absolute Gasteiger partial charge is 0.00671 e. The lowest BCUT2D eigenvalue weighted by Gasteiger charge is -2.17. The molecule has 1 atom stereocenters. The highest BCUT2D eigenvalue weighted by Crippen LogP contribution is 2.35. The van der Waals surface area contributed by atoms with Gasteiger partial charge in [0.1, 0.15) is 0 Å². The Hall–Kier alpha value is -2.86. The van der Waals surface area contributed by atoms with E-state index in [1.165, 1.54) is 33.0 Å². The van der Waals surface area contributed by atoms with Crippen molar-refractivity contribution in [1.29, 1.82) is 0 Å². The first kappa shape index (κ1) is 14.7. The molecule has 0 aliphatic carbocycles. The van der Waals surface area contributed by atoms with Gasteiger partial charge < -0.3 is 0 Å². The molecule has 4 aromatic rings. The number of hydrogen-bond acceptors (Lipinski definition) is 0. The van der Waals surface area contributed by atoms with Crippen LogP contribution in [0.25, 0.3) is 21.9 Å². The maximum atomic E-state index is 2.29. The van der Waals surface area contributed by atoms with E-state index >= 15 is 0 Å². The van der Waals surface area contributed by atoms with Gasteiger partial charge in [0, 0.05) is 5.92 Å². The zero-order chi connectivity index (χ0) is 16.4. The lowest BCUT2D eigenvalue weighted by molar-refractivity contribution is 0.933. The molecule has 1 unspecified atom stereocenters. The van der Waals surface area contributed by atoms with E-state index in [4.69, 9.17) is 0 Å². The summed E-state index contributed by atoms with van der Waals surface area (Å²) in [6.45, 7) is 2.29. The van der Waals surface area contributed by atoms with Crippen molar-refractivity contribution < 1.29 is 0 Å². The molecule has 0 aliphatic heterocycles. The van der Waals surface area contributed by atoms with Crippen LogP contribution >= 0.6 is 0 Å². The summed E-state index contributed by atoms with van der Waals surface area (Å²) in [6.07, 6.45) is 0. The maximum absolute atomic E-state index is 2.29. The molecule has 116 valence electrons. The van der Waals surface area contributed by atoms with Gasteiger partial charge in [-0.1, -0.05) is 104 Å². The van der Waals surface area contributed by atoms with Gasteiger partial charge in [-0.05, 0) is 33.0 Å². The first-order valence-electron chi connectivity index (χ1n) is 8.46. The summed E-state index contributed by atoms with van der Waals surface area (Å²) in [6, 6.07) is 34.7. The minimum absolute atomic E-state index is 0.376. The standard InChI is InChI=1S/C24H20/c1-18(19-10-4-2-5-11-19)21-16-17-22(20-12-6-3-7-13-20)24-15-9-8-14-23(21)24/h2-18H,1H3. The van der Waals surface area contributed by atoms with E-state index in [9.17, 15) is 0 Å². The molecular weight excluding hydrogens is 288 g/mol. The highest BCUT2D eigenvalue weighted by atomic mass is 14.2. The second kappa shape index (κ2) is 6.33. The Bertz CT molecular complexity index is 953. The summed E-state index contributed by atoms with van der Waals surface area (Å²) in [7, 11) is 0. The van der Waals surface area contributed by atoms with Crippen molar-refractivity contribution >= 4 is 10.8 Å². The van der Waals surface area contributed by atoms with E-state index in [1.807, 2.05) is 0 Å². The lowest BCUT2D eigenvalue weighted by Crippen LogP contribution is -1.97. The minimum atomic E-state index is 0.376. The van der Waals surface area contributed by atoms with Crippen molar-refractivity contribution in [1.82, 2.24) is 0 Å². The van der Waals surface area contributed by atoms with Gasteiger partial charge in [-0.15, -0.1) is 0 Å². The van der Waals surface area contributed by atoms with E-state index < -0.39 is 0 Å². The highest BCUT2D eigenvalue weighted by Gasteiger charge is 2.13. The van der Waals surface area contributed by atoms with Gasteiger partial charge in [0.05, 0.1) is 0 Å². The summed E-state index contributed by atoms with van der Waals surface area (Å²) in [4.78, 5) is 0. The monoisotopic (exact) mass is 308 g/mol. The van der Waals surface area contributed by atoms with Crippen LogP contribution in [0, 0.1) is 0 Å². The van der Waals surface area contributed by atoms with Crippen LogP contribution in [0.15, 0.2) is 97.1 Å². The van der Waals surface area contributed by atoms with Crippen molar-refractivity contribution in [3.05, 3.63) is 108 Å². The minimum Gasteiger partial charge on any atom is -0.0622 e. The van der Waals surface area contributed by atoms with Crippen molar-refractivity contribution in [2.75, 3.05) is 0 Å². The van der Waals surface area contributed by atoms with E-state index in [1.54, 1.807) is 0 Å². The molecule has 24 heavy (non-hydrogen) atoms. The van der Waals surface area contributed by atoms with Gasteiger partial charge in [-0.2, -0.15) is 0 Å². The van der Waals surface area contributed by atoms with Gasteiger partial charge in [0.15, 0.2) is 0 Å². The van der Waals surface area contributed by atoms with Gasteiger partial charge in [-0.25, -0.2) is 0 Å². The molecule has 0 nitrogen and oxygen atoms in total. The normalized spacial score (nSPS) is 12.2. The molecule has 0 spiro atoms. The Morgan fingerprint density at radius 1 is 0.542 bits per heavy atom. The van der Waals surface area contributed by atoms with Gasteiger partial charge in [0.2, 0.25) is 0 Å².